The molecule has 1 fully saturated rings. The Kier molecular flexibility index (Phi) is 5.78. The lowest BCUT2D eigenvalue weighted by Crippen LogP contribution is -2.56. The van der Waals surface area contributed by atoms with E-state index in [1.807, 2.05) is 25.2 Å². The highest BCUT2D eigenvalue weighted by molar-refractivity contribution is 5.80. The summed E-state index contributed by atoms with van der Waals surface area (Å²) < 4.78 is 7.58. The largest absolute Gasteiger partial charge is 0.379 e. The summed E-state index contributed by atoms with van der Waals surface area (Å²) in [6.45, 7) is 9.51. The first-order valence-electron chi connectivity index (χ1n) is 9.19. The summed E-state index contributed by atoms with van der Waals surface area (Å²) >= 11 is 0. The minimum absolute atomic E-state index is 0.0410. The van der Waals surface area contributed by atoms with Crippen LogP contribution in [-0.4, -0.2) is 65.8 Å². The summed E-state index contributed by atoms with van der Waals surface area (Å²) in [6, 6.07) is 8.18. The molecule has 0 aliphatic carbocycles. The van der Waals surface area contributed by atoms with Crippen LogP contribution in [0.25, 0.3) is 11.0 Å². The number of aliphatic imine (C=N–C) groups is 1. The van der Waals surface area contributed by atoms with Crippen molar-refractivity contribution in [3.63, 3.8) is 0 Å². The van der Waals surface area contributed by atoms with Crippen molar-refractivity contribution >= 4 is 17.0 Å². The standard InChI is InChI=1S/C19H30N6O/c1-19(2,25-9-11-26-12-10-25)14-22-18(20-3)21-13-17-23-15-7-5-6-8-16(15)24(17)4/h5-8H,9-14H2,1-4H3,(H2,20,21,22). The molecule has 0 atom stereocenters. The van der Waals surface area contributed by atoms with Crippen molar-refractivity contribution in [1.29, 1.82) is 0 Å². The first-order valence-corrected chi connectivity index (χ1v) is 9.19. The van der Waals surface area contributed by atoms with Gasteiger partial charge in [0, 0.05) is 39.3 Å². The molecule has 1 aliphatic heterocycles. The Morgan fingerprint density at radius 3 is 2.65 bits per heavy atom. The molecule has 1 aromatic carbocycles. The van der Waals surface area contributed by atoms with Gasteiger partial charge >= 0.3 is 0 Å². The molecule has 1 aliphatic rings. The van der Waals surface area contributed by atoms with Crippen LogP contribution in [0.2, 0.25) is 0 Å². The molecule has 3 rings (SSSR count). The molecule has 0 amide bonds. The number of hydrogen-bond donors (Lipinski definition) is 2. The summed E-state index contributed by atoms with van der Waals surface area (Å²) in [7, 11) is 3.84. The van der Waals surface area contributed by atoms with E-state index in [-0.39, 0.29) is 5.54 Å². The van der Waals surface area contributed by atoms with Crippen molar-refractivity contribution in [2.75, 3.05) is 39.9 Å². The lowest BCUT2D eigenvalue weighted by atomic mass is 10.0. The molecule has 26 heavy (non-hydrogen) atoms. The topological polar surface area (TPSA) is 66.7 Å². The Morgan fingerprint density at radius 2 is 1.96 bits per heavy atom. The van der Waals surface area contributed by atoms with Gasteiger partial charge in [-0.05, 0) is 26.0 Å². The number of guanidine groups is 1. The second-order valence-corrected chi connectivity index (χ2v) is 7.27. The summed E-state index contributed by atoms with van der Waals surface area (Å²) in [6.07, 6.45) is 0. The lowest BCUT2D eigenvalue weighted by Gasteiger charge is -2.41. The zero-order valence-electron chi connectivity index (χ0n) is 16.2. The van der Waals surface area contributed by atoms with Crippen LogP contribution in [0.1, 0.15) is 19.7 Å². The molecule has 2 heterocycles. The number of benzene rings is 1. The van der Waals surface area contributed by atoms with Crippen LogP contribution in [-0.2, 0) is 18.3 Å². The minimum atomic E-state index is 0.0410. The van der Waals surface area contributed by atoms with Crippen LogP contribution in [0, 0.1) is 0 Å². The third kappa shape index (κ3) is 4.16. The molecule has 0 spiro atoms. The molecule has 0 radical (unpaired) electrons. The van der Waals surface area contributed by atoms with Crippen molar-refractivity contribution < 1.29 is 4.74 Å². The summed E-state index contributed by atoms with van der Waals surface area (Å²) in [5, 5.41) is 6.83. The number of fused-ring (bicyclic) bond motifs is 1. The average molecular weight is 358 g/mol. The van der Waals surface area contributed by atoms with E-state index in [0.29, 0.717) is 6.54 Å². The van der Waals surface area contributed by atoms with E-state index in [2.05, 4.69) is 45.0 Å². The molecule has 0 unspecified atom stereocenters. The minimum Gasteiger partial charge on any atom is -0.379 e. The second kappa shape index (κ2) is 8.05. The van der Waals surface area contributed by atoms with Crippen LogP contribution < -0.4 is 10.6 Å². The average Bonchev–Trinajstić information content (AvgIpc) is 2.99. The van der Waals surface area contributed by atoms with Gasteiger partial charge in [0.1, 0.15) is 5.82 Å². The zero-order chi connectivity index (χ0) is 18.6. The van der Waals surface area contributed by atoms with Crippen molar-refractivity contribution in [3.05, 3.63) is 30.1 Å². The number of para-hydroxylation sites is 2. The van der Waals surface area contributed by atoms with Crippen LogP contribution in [0.4, 0.5) is 0 Å². The number of imidazole rings is 1. The van der Waals surface area contributed by atoms with Crippen molar-refractivity contribution in [2.24, 2.45) is 12.0 Å². The fraction of sp³-hybridized carbons (Fsp3) is 0.579. The molecule has 0 bridgehead atoms. The maximum absolute atomic E-state index is 5.46. The number of morpholine rings is 1. The summed E-state index contributed by atoms with van der Waals surface area (Å²) in [5.74, 6) is 1.78. The number of nitrogens with zero attached hydrogens (tertiary/aromatic N) is 4. The van der Waals surface area contributed by atoms with Crippen molar-refractivity contribution in [3.8, 4) is 0 Å². The maximum Gasteiger partial charge on any atom is 0.191 e. The Morgan fingerprint density at radius 1 is 1.23 bits per heavy atom. The van der Waals surface area contributed by atoms with E-state index < -0.39 is 0 Å². The molecule has 142 valence electrons. The van der Waals surface area contributed by atoms with Gasteiger partial charge in [-0.2, -0.15) is 0 Å². The molecule has 2 N–H and O–H groups in total. The van der Waals surface area contributed by atoms with Gasteiger partial charge in [0.25, 0.3) is 0 Å². The molecular weight excluding hydrogens is 328 g/mol. The third-order valence-electron chi connectivity index (χ3n) is 5.07. The number of ether oxygens (including phenoxy) is 1. The van der Waals surface area contributed by atoms with Gasteiger partial charge < -0.3 is 19.9 Å². The number of nitrogens with one attached hydrogen (secondary N) is 2. The normalized spacial score (nSPS) is 16.8. The quantitative estimate of drug-likeness (QED) is 0.624. The van der Waals surface area contributed by atoms with Gasteiger partial charge in [-0.3, -0.25) is 9.89 Å². The molecule has 7 nitrogen and oxygen atoms in total. The Labute approximate surface area is 155 Å². The molecule has 1 aromatic heterocycles. The van der Waals surface area contributed by atoms with Gasteiger partial charge in [-0.1, -0.05) is 12.1 Å². The molecule has 2 aromatic rings. The highest BCUT2D eigenvalue weighted by atomic mass is 16.5. The van der Waals surface area contributed by atoms with E-state index in [9.17, 15) is 0 Å². The summed E-state index contributed by atoms with van der Waals surface area (Å²) in [4.78, 5) is 11.5. The van der Waals surface area contributed by atoms with Crippen LogP contribution in [0.3, 0.4) is 0 Å². The van der Waals surface area contributed by atoms with Crippen LogP contribution in [0.5, 0.6) is 0 Å². The smallest absolute Gasteiger partial charge is 0.191 e. The molecule has 0 saturated carbocycles. The maximum atomic E-state index is 5.46. The fourth-order valence-electron chi connectivity index (χ4n) is 3.32. The van der Waals surface area contributed by atoms with Gasteiger partial charge in [-0.25, -0.2) is 4.98 Å². The SMILES string of the molecule is CN=C(NCc1nc2ccccc2n1C)NCC(C)(C)N1CCOCC1. The highest BCUT2D eigenvalue weighted by Crippen LogP contribution is 2.15. The first kappa shape index (κ1) is 18.7. The number of rotatable bonds is 5. The van der Waals surface area contributed by atoms with Crippen molar-refractivity contribution in [1.82, 2.24) is 25.1 Å². The first-order chi connectivity index (χ1) is 12.5. The van der Waals surface area contributed by atoms with Gasteiger partial charge in [0.2, 0.25) is 0 Å². The second-order valence-electron chi connectivity index (χ2n) is 7.27. The lowest BCUT2D eigenvalue weighted by molar-refractivity contribution is -0.00834. The van der Waals surface area contributed by atoms with E-state index in [1.54, 1.807) is 7.05 Å². The number of aromatic nitrogens is 2. The van der Waals surface area contributed by atoms with Crippen molar-refractivity contribution in [2.45, 2.75) is 25.9 Å². The van der Waals surface area contributed by atoms with E-state index in [1.165, 1.54) is 0 Å². The molecular formula is C19H30N6O. The Hall–Kier alpha value is -2.12. The monoisotopic (exact) mass is 358 g/mol. The molecule has 7 heteroatoms. The number of aryl methyl sites for hydroxylation is 1. The predicted molar refractivity (Wildman–Crippen MR) is 105 cm³/mol. The van der Waals surface area contributed by atoms with Crippen LogP contribution in [0.15, 0.2) is 29.3 Å². The van der Waals surface area contributed by atoms with Gasteiger partial charge in [0.15, 0.2) is 5.96 Å². The molecule has 1 saturated heterocycles. The van der Waals surface area contributed by atoms with Crippen LogP contribution >= 0.6 is 0 Å². The highest BCUT2D eigenvalue weighted by Gasteiger charge is 2.28. The summed E-state index contributed by atoms with van der Waals surface area (Å²) in [5.41, 5.74) is 2.20. The number of hydrogen-bond acceptors (Lipinski definition) is 4. The Balaban J connectivity index is 1.56. The fourth-order valence-corrected chi connectivity index (χ4v) is 3.32. The Bertz CT molecular complexity index is 760. The van der Waals surface area contributed by atoms with Gasteiger partial charge in [-0.15, -0.1) is 0 Å². The van der Waals surface area contributed by atoms with E-state index >= 15 is 0 Å². The van der Waals surface area contributed by atoms with E-state index in [4.69, 9.17) is 9.72 Å². The zero-order valence-corrected chi connectivity index (χ0v) is 16.2. The predicted octanol–water partition coefficient (Wildman–Crippen LogP) is 1.35. The third-order valence-corrected chi connectivity index (χ3v) is 5.07. The van der Waals surface area contributed by atoms with Gasteiger partial charge in [0.05, 0.1) is 30.8 Å². The van der Waals surface area contributed by atoms with E-state index in [0.717, 1.165) is 55.7 Å².